The minimum atomic E-state index is -4.34. The van der Waals surface area contributed by atoms with Crippen LogP contribution in [0.4, 0.5) is 11.4 Å². The Labute approximate surface area is 173 Å². The van der Waals surface area contributed by atoms with E-state index >= 15 is 0 Å². The number of carbonyl (C=O) groups excluding carboxylic acids is 2. The predicted molar refractivity (Wildman–Crippen MR) is 109 cm³/mol. The Morgan fingerprint density at radius 1 is 1.23 bits per heavy atom. The number of sulfonamides is 2. The van der Waals surface area contributed by atoms with Gasteiger partial charge in [0.1, 0.15) is 10.6 Å². The molecule has 10 nitrogen and oxygen atoms in total. The van der Waals surface area contributed by atoms with Gasteiger partial charge in [-0.3, -0.25) is 14.3 Å². The van der Waals surface area contributed by atoms with Gasteiger partial charge in [0, 0.05) is 6.42 Å². The number of para-hydroxylation sites is 1. The van der Waals surface area contributed by atoms with E-state index in [0.29, 0.717) is 4.31 Å². The maximum Gasteiger partial charge on any atom is 0.265 e. The van der Waals surface area contributed by atoms with Gasteiger partial charge in [0.2, 0.25) is 15.9 Å². The van der Waals surface area contributed by atoms with Crippen molar-refractivity contribution in [2.45, 2.75) is 18.2 Å². The van der Waals surface area contributed by atoms with E-state index in [4.69, 9.17) is 10.5 Å². The number of primary amides is 1. The molecule has 1 aliphatic heterocycles. The first kappa shape index (κ1) is 21.6. The number of nitrogens with zero attached hydrogens (tertiary/aromatic N) is 1. The highest BCUT2D eigenvalue weighted by molar-refractivity contribution is 7.94. The van der Waals surface area contributed by atoms with Gasteiger partial charge in [0.05, 0.1) is 29.3 Å². The molecule has 1 fully saturated rings. The Balaban J connectivity index is 2.11. The first-order valence-electron chi connectivity index (χ1n) is 8.81. The molecular weight excluding hydrogens is 434 g/mol. The van der Waals surface area contributed by atoms with E-state index in [1.54, 1.807) is 6.92 Å². The van der Waals surface area contributed by atoms with Crippen molar-refractivity contribution >= 4 is 43.2 Å². The first-order valence-corrected chi connectivity index (χ1v) is 11.9. The summed E-state index contributed by atoms with van der Waals surface area (Å²) < 4.78 is 58.8. The number of amides is 2. The second kappa shape index (κ2) is 7.95. The lowest BCUT2D eigenvalue weighted by Crippen LogP contribution is -2.29. The summed E-state index contributed by atoms with van der Waals surface area (Å²) in [7, 11) is -8.23. The minimum absolute atomic E-state index is 0.0469. The summed E-state index contributed by atoms with van der Waals surface area (Å²) in [5, 5.41) is 0. The molecule has 2 amide bonds. The zero-order chi connectivity index (χ0) is 22.1. The summed E-state index contributed by atoms with van der Waals surface area (Å²) in [4.78, 5) is 23.3. The summed E-state index contributed by atoms with van der Waals surface area (Å²) in [6, 6.07) is 9.36. The SMILES string of the molecule is CCOc1ccc(N2C(=O)CCS2(=O)=O)cc1S(=O)(=O)Nc1ccccc1C(N)=O. The molecule has 0 spiro atoms. The smallest absolute Gasteiger partial charge is 0.265 e. The van der Waals surface area contributed by atoms with Crippen LogP contribution in [0.3, 0.4) is 0 Å². The highest BCUT2D eigenvalue weighted by Gasteiger charge is 2.37. The lowest BCUT2D eigenvalue weighted by atomic mass is 10.2. The van der Waals surface area contributed by atoms with E-state index in [1.165, 1.54) is 36.4 Å². The van der Waals surface area contributed by atoms with E-state index in [0.717, 1.165) is 6.07 Å². The molecule has 3 N–H and O–H groups in total. The van der Waals surface area contributed by atoms with Gasteiger partial charge in [-0.15, -0.1) is 0 Å². The molecule has 0 saturated carbocycles. The maximum atomic E-state index is 13.1. The number of nitrogens with one attached hydrogen (secondary N) is 1. The zero-order valence-corrected chi connectivity index (χ0v) is 17.5. The normalized spacial score (nSPS) is 15.8. The van der Waals surface area contributed by atoms with E-state index in [1.807, 2.05) is 0 Å². The van der Waals surface area contributed by atoms with E-state index in [9.17, 15) is 26.4 Å². The second-order valence-corrected chi connectivity index (χ2v) is 9.89. The van der Waals surface area contributed by atoms with Crippen molar-refractivity contribution in [2.24, 2.45) is 5.73 Å². The van der Waals surface area contributed by atoms with Crippen molar-refractivity contribution in [1.82, 2.24) is 0 Å². The highest BCUT2D eigenvalue weighted by Crippen LogP contribution is 2.34. The summed E-state index contributed by atoms with van der Waals surface area (Å²) in [5.74, 6) is -1.89. The first-order chi connectivity index (χ1) is 14.1. The van der Waals surface area contributed by atoms with Gasteiger partial charge >= 0.3 is 0 Å². The second-order valence-electron chi connectivity index (χ2n) is 6.30. The Morgan fingerprint density at radius 3 is 2.53 bits per heavy atom. The lowest BCUT2D eigenvalue weighted by molar-refractivity contribution is -0.116. The largest absolute Gasteiger partial charge is 0.492 e. The van der Waals surface area contributed by atoms with E-state index in [-0.39, 0.29) is 41.5 Å². The van der Waals surface area contributed by atoms with Crippen LogP contribution in [0.2, 0.25) is 0 Å². The molecule has 30 heavy (non-hydrogen) atoms. The van der Waals surface area contributed by atoms with Crippen LogP contribution in [0.15, 0.2) is 47.4 Å². The van der Waals surface area contributed by atoms with E-state index in [2.05, 4.69) is 4.72 Å². The molecule has 0 unspecified atom stereocenters. The predicted octanol–water partition coefficient (Wildman–Crippen LogP) is 1.05. The number of rotatable bonds is 7. The number of carbonyl (C=O) groups is 2. The molecular formula is C18H19N3O7S2. The fraction of sp³-hybridized carbons (Fsp3) is 0.222. The molecule has 0 aliphatic carbocycles. The Hall–Kier alpha value is -3.12. The lowest BCUT2D eigenvalue weighted by Gasteiger charge is -2.19. The van der Waals surface area contributed by atoms with Crippen LogP contribution < -0.4 is 19.5 Å². The van der Waals surface area contributed by atoms with E-state index < -0.39 is 36.8 Å². The summed E-state index contributed by atoms with van der Waals surface area (Å²) in [5.41, 5.74) is 5.07. The molecule has 0 atom stereocenters. The maximum absolute atomic E-state index is 13.1. The number of anilines is 2. The van der Waals surface area contributed by atoms with Crippen LogP contribution in [-0.2, 0) is 24.8 Å². The van der Waals surface area contributed by atoms with Crippen molar-refractivity contribution in [1.29, 1.82) is 0 Å². The van der Waals surface area contributed by atoms with Crippen LogP contribution in [0.5, 0.6) is 5.75 Å². The van der Waals surface area contributed by atoms with Gasteiger partial charge in [0.15, 0.2) is 0 Å². The average Bonchev–Trinajstić information content (AvgIpc) is 2.95. The fourth-order valence-electron chi connectivity index (χ4n) is 2.96. The van der Waals surface area contributed by atoms with Crippen molar-refractivity contribution in [2.75, 3.05) is 21.4 Å². The van der Waals surface area contributed by atoms with Crippen molar-refractivity contribution in [3.8, 4) is 5.75 Å². The molecule has 0 aromatic heterocycles. The fourth-order valence-corrected chi connectivity index (χ4v) is 5.66. The molecule has 1 heterocycles. The molecule has 0 radical (unpaired) electrons. The third kappa shape index (κ3) is 4.09. The van der Waals surface area contributed by atoms with Crippen LogP contribution >= 0.6 is 0 Å². The van der Waals surface area contributed by atoms with Crippen molar-refractivity contribution in [3.05, 3.63) is 48.0 Å². The molecule has 12 heteroatoms. The van der Waals surface area contributed by atoms with Gasteiger partial charge in [-0.25, -0.2) is 21.1 Å². The van der Waals surface area contributed by atoms with Crippen LogP contribution in [0.1, 0.15) is 23.7 Å². The zero-order valence-electron chi connectivity index (χ0n) is 15.9. The van der Waals surface area contributed by atoms with Crippen molar-refractivity contribution < 1.29 is 31.2 Å². The number of hydrogen-bond donors (Lipinski definition) is 2. The Kier molecular flexibility index (Phi) is 5.72. The van der Waals surface area contributed by atoms with Crippen LogP contribution in [0, 0.1) is 0 Å². The number of ether oxygens (including phenoxy) is 1. The quantitative estimate of drug-likeness (QED) is 0.635. The molecule has 2 aromatic rings. The summed E-state index contributed by atoms with van der Waals surface area (Å²) >= 11 is 0. The molecule has 1 aliphatic rings. The summed E-state index contributed by atoms with van der Waals surface area (Å²) in [6.07, 6.45) is -0.193. The third-order valence-electron chi connectivity index (χ3n) is 4.27. The van der Waals surface area contributed by atoms with Gasteiger partial charge in [0.25, 0.3) is 15.9 Å². The standard InChI is InChI=1S/C18H19N3O7S2/c1-2-28-15-8-7-12(21-17(22)9-10-29(21,24)25)11-16(15)30(26,27)20-14-6-4-3-5-13(14)18(19)23/h3-8,11,20H,2,9-10H2,1H3,(H2,19,23). The van der Waals surface area contributed by atoms with Gasteiger partial charge in [-0.2, -0.15) is 0 Å². The molecule has 0 bridgehead atoms. The van der Waals surface area contributed by atoms with Crippen LogP contribution in [-0.4, -0.2) is 41.0 Å². The van der Waals surface area contributed by atoms with Gasteiger partial charge in [-0.1, -0.05) is 12.1 Å². The topological polar surface area (TPSA) is 153 Å². The molecule has 1 saturated heterocycles. The number of hydrogen-bond acceptors (Lipinski definition) is 7. The Morgan fingerprint density at radius 2 is 1.93 bits per heavy atom. The monoisotopic (exact) mass is 453 g/mol. The average molecular weight is 453 g/mol. The van der Waals surface area contributed by atoms with Gasteiger partial charge in [-0.05, 0) is 37.3 Å². The molecule has 3 rings (SSSR count). The minimum Gasteiger partial charge on any atom is -0.492 e. The van der Waals surface area contributed by atoms with Gasteiger partial charge < -0.3 is 10.5 Å². The third-order valence-corrected chi connectivity index (χ3v) is 7.34. The number of nitrogens with two attached hydrogens (primary N) is 1. The highest BCUT2D eigenvalue weighted by atomic mass is 32.2. The number of benzene rings is 2. The summed E-state index contributed by atoms with van der Waals surface area (Å²) in [6.45, 7) is 1.79. The molecule has 2 aromatic carbocycles. The van der Waals surface area contributed by atoms with Crippen molar-refractivity contribution in [3.63, 3.8) is 0 Å². The molecule has 160 valence electrons. The van der Waals surface area contributed by atoms with Crippen LogP contribution in [0.25, 0.3) is 0 Å². The Bertz CT molecular complexity index is 1220.